The van der Waals surface area contributed by atoms with Gasteiger partial charge in [0.2, 0.25) is 5.91 Å². The van der Waals surface area contributed by atoms with Gasteiger partial charge in [0.15, 0.2) is 0 Å². The minimum absolute atomic E-state index is 0.0270. The molecule has 3 aliphatic rings. The first-order chi connectivity index (χ1) is 14.0. The monoisotopic (exact) mass is 399 g/mol. The van der Waals surface area contributed by atoms with Crippen molar-refractivity contribution < 1.29 is 9.53 Å². The number of rotatable bonds is 4. The van der Waals surface area contributed by atoms with Gasteiger partial charge in [0.25, 0.3) is 0 Å². The van der Waals surface area contributed by atoms with E-state index < -0.39 is 0 Å². The summed E-state index contributed by atoms with van der Waals surface area (Å²) in [4.78, 5) is 20.2. The zero-order valence-electron chi connectivity index (χ0n) is 18.3. The molecule has 2 fully saturated rings. The maximum atomic E-state index is 13.1. The molecule has 29 heavy (non-hydrogen) atoms. The molecule has 5 nitrogen and oxygen atoms in total. The molecule has 2 saturated heterocycles. The molecule has 0 bridgehead atoms. The molecule has 3 heterocycles. The standard InChI is InChI=1S/C24H37N3O2/c1-18-14-25(15-19(2)29-18)16-21-8-11-26(12-9-21)24(28)20(3)27-13-10-22-6-4-5-7-23(22)17-27/h4-7,18-21H,8-17H2,1-3H3. The predicted octanol–water partition coefficient (Wildman–Crippen LogP) is 2.78. The van der Waals surface area contributed by atoms with E-state index in [0.717, 1.165) is 65.1 Å². The molecule has 0 radical (unpaired) electrons. The number of hydrogen-bond donors (Lipinski definition) is 0. The van der Waals surface area contributed by atoms with Gasteiger partial charge in [0.05, 0.1) is 18.2 Å². The van der Waals surface area contributed by atoms with Crippen molar-refractivity contribution >= 4 is 5.91 Å². The molecule has 1 aromatic carbocycles. The number of fused-ring (bicyclic) bond motifs is 1. The summed E-state index contributed by atoms with van der Waals surface area (Å²) in [5, 5.41) is 0. The highest BCUT2D eigenvalue weighted by Gasteiger charge is 2.32. The quantitative estimate of drug-likeness (QED) is 0.780. The second kappa shape index (κ2) is 9.15. The zero-order valence-corrected chi connectivity index (χ0v) is 18.3. The highest BCUT2D eigenvalue weighted by atomic mass is 16.5. The van der Waals surface area contributed by atoms with Crippen LogP contribution in [0.3, 0.4) is 0 Å². The van der Waals surface area contributed by atoms with Crippen molar-refractivity contribution in [3.05, 3.63) is 35.4 Å². The van der Waals surface area contributed by atoms with Crippen LogP contribution in [0.5, 0.6) is 0 Å². The van der Waals surface area contributed by atoms with E-state index in [1.807, 2.05) is 0 Å². The van der Waals surface area contributed by atoms with Crippen molar-refractivity contribution in [2.45, 2.75) is 64.8 Å². The molecule has 0 spiro atoms. The third-order valence-electron chi connectivity index (χ3n) is 7.00. The molecule has 0 aliphatic carbocycles. The Kier molecular flexibility index (Phi) is 6.57. The van der Waals surface area contributed by atoms with Crippen molar-refractivity contribution in [3.63, 3.8) is 0 Å². The topological polar surface area (TPSA) is 36.0 Å². The highest BCUT2D eigenvalue weighted by Crippen LogP contribution is 2.24. The Bertz CT molecular complexity index is 691. The van der Waals surface area contributed by atoms with Gasteiger partial charge in [-0.05, 0) is 57.1 Å². The number of carbonyl (C=O) groups is 1. The Labute approximate surface area is 176 Å². The SMILES string of the molecule is CC1CN(CC2CCN(C(=O)C(C)N3CCc4ccccc4C3)CC2)CC(C)O1. The van der Waals surface area contributed by atoms with Crippen molar-refractivity contribution in [2.24, 2.45) is 5.92 Å². The summed E-state index contributed by atoms with van der Waals surface area (Å²) < 4.78 is 5.86. The van der Waals surface area contributed by atoms with Gasteiger partial charge in [-0.15, -0.1) is 0 Å². The Hall–Kier alpha value is -1.43. The van der Waals surface area contributed by atoms with Crippen molar-refractivity contribution in [3.8, 4) is 0 Å². The molecule has 0 N–H and O–H groups in total. The number of ether oxygens (including phenoxy) is 1. The van der Waals surface area contributed by atoms with Crippen LogP contribution >= 0.6 is 0 Å². The molecule has 5 heteroatoms. The second-order valence-corrected chi connectivity index (χ2v) is 9.41. The van der Waals surface area contributed by atoms with Gasteiger partial charge in [-0.2, -0.15) is 0 Å². The largest absolute Gasteiger partial charge is 0.373 e. The lowest BCUT2D eigenvalue weighted by Crippen LogP contribution is -2.52. The predicted molar refractivity (Wildman–Crippen MR) is 116 cm³/mol. The van der Waals surface area contributed by atoms with E-state index in [4.69, 9.17) is 4.74 Å². The van der Waals surface area contributed by atoms with Gasteiger partial charge < -0.3 is 9.64 Å². The Morgan fingerprint density at radius 2 is 1.72 bits per heavy atom. The van der Waals surface area contributed by atoms with Crippen LogP contribution in [-0.2, 0) is 22.5 Å². The summed E-state index contributed by atoms with van der Waals surface area (Å²) in [5.41, 5.74) is 2.82. The van der Waals surface area contributed by atoms with Gasteiger partial charge in [0, 0.05) is 45.8 Å². The van der Waals surface area contributed by atoms with Crippen molar-refractivity contribution in [2.75, 3.05) is 39.3 Å². The fraction of sp³-hybridized carbons (Fsp3) is 0.708. The summed E-state index contributed by atoms with van der Waals surface area (Å²) in [5.74, 6) is 1.02. The summed E-state index contributed by atoms with van der Waals surface area (Å²) >= 11 is 0. The van der Waals surface area contributed by atoms with Crippen LogP contribution in [0.1, 0.15) is 44.7 Å². The van der Waals surface area contributed by atoms with Crippen molar-refractivity contribution in [1.29, 1.82) is 0 Å². The first-order valence-electron chi connectivity index (χ1n) is 11.5. The lowest BCUT2D eigenvalue weighted by molar-refractivity contribution is -0.138. The molecule has 3 aliphatic heterocycles. The summed E-state index contributed by atoms with van der Waals surface area (Å²) in [7, 11) is 0. The lowest BCUT2D eigenvalue weighted by atomic mass is 9.94. The first kappa shape index (κ1) is 20.8. The number of morpholine rings is 1. The molecule has 0 aromatic heterocycles. The van der Waals surface area contributed by atoms with E-state index in [9.17, 15) is 4.79 Å². The lowest BCUT2D eigenvalue weighted by Gasteiger charge is -2.41. The van der Waals surface area contributed by atoms with Crippen molar-refractivity contribution in [1.82, 2.24) is 14.7 Å². The number of hydrogen-bond acceptors (Lipinski definition) is 4. The average Bonchev–Trinajstić information content (AvgIpc) is 2.72. The first-order valence-corrected chi connectivity index (χ1v) is 11.5. The number of piperidine rings is 1. The van der Waals surface area contributed by atoms with Crippen LogP contribution in [0, 0.1) is 5.92 Å². The highest BCUT2D eigenvalue weighted by molar-refractivity contribution is 5.81. The molecule has 160 valence electrons. The third kappa shape index (κ3) is 5.01. The summed E-state index contributed by atoms with van der Waals surface area (Å²) in [6.45, 7) is 13.4. The number of amides is 1. The Morgan fingerprint density at radius 3 is 2.41 bits per heavy atom. The molecular formula is C24H37N3O2. The summed E-state index contributed by atoms with van der Waals surface area (Å²) in [6.07, 6.45) is 3.96. The minimum Gasteiger partial charge on any atom is -0.373 e. The van der Waals surface area contributed by atoms with Gasteiger partial charge >= 0.3 is 0 Å². The van der Waals surface area contributed by atoms with Crippen LogP contribution in [0.4, 0.5) is 0 Å². The molecule has 1 amide bonds. The zero-order chi connectivity index (χ0) is 20.4. The van der Waals surface area contributed by atoms with E-state index in [1.165, 1.54) is 11.1 Å². The van der Waals surface area contributed by atoms with Crippen LogP contribution in [0.2, 0.25) is 0 Å². The molecule has 3 atom stereocenters. The van der Waals surface area contributed by atoms with Gasteiger partial charge in [-0.25, -0.2) is 0 Å². The fourth-order valence-corrected chi connectivity index (χ4v) is 5.40. The number of likely N-dealkylation sites (tertiary alicyclic amines) is 1. The maximum absolute atomic E-state index is 13.1. The molecule has 1 aromatic rings. The van der Waals surface area contributed by atoms with Crippen LogP contribution in [0.15, 0.2) is 24.3 Å². The maximum Gasteiger partial charge on any atom is 0.239 e. The van der Waals surface area contributed by atoms with Crippen LogP contribution in [0.25, 0.3) is 0 Å². The van der Waals surface area contributed by atoms with E-state index in [2.05, 4.69) is 59.7 Å². The fourth-order valence-electron chi connectivity index (χ4n) is 5.40. The van der Waals surface area contributed by atoms with E-state index in [0.29, 0.717) is 24.0 Å². The van der Waals surface area contributed by atoms with Crippen LogP contribution < -0.4 is 0 Å². The Morgan fingerprint density at radius 1 is 1.07 bits per heavy atom. The van der Waals surface area contributed by atoms with E-state index >= 15 is 0 Å². The second-order valence-electron chi connectivity index (χ2n) is 9.41. The molecule has 4 rings (SSSR count). The van der Waals surface area contributed by atoms with Crippen LogP contribution in [-0.4, -0.2) is 78.1 Å². The minimum atomic E-state index is -0.0270. The summed E-state index contributed by atoms with van der Waals surface area (Å²) in [6, 6.07) is 8.62. The molecule has 0 saturated carbocycles. The Balaban J connectivity index is 1.26. The smallest absolute Gasteiger partial charge is 0.239 e. The van der Waals surface area contributed by atoms with Gasteiger partial charge in [-0.3, -0.25) is 14.6 Å². The van der Waals surface area contributed by atoms with Gasteiger partial charge in [0.1, 0.15) is 0 Å². The number of carbonyl (C=O) groups excluding carboxylic acids is 1. The van der Waals surface area contributed by atoms with E-state index in [-0.39, 0.29) is 6.04 Å². The third-order valence-corrected chi connectivity index (χ3v) is 7.00. The number of benzene rings is 1. The van der Waals surface area contributed by atoms with Gasteiger partial charge in [-0.1, -0.05) is 24.3 Å². The number of nitrogens with zero attached hydrogens (tertiary/aromatic N) is 3. The normalized spacial score (nSPS) is 28.2. The van der Waals surface area contributed by atoms with E-state index in [1.54, 1.807) is 0 Å². The molecule has 3 unspecified atom stereocenters. The molecular weight excluding hydrogens is 362 g/mol. The average molecular weight is 400 g/mol.